The van der Waals surface area contributed by atoms with Gasteiger partial charge in [0.05, 0.1) is 17.8 Å². The Morgan fingerprint density at radius 2 is 2.03 bits per heavy atom. The van der Waals surface area contributed by atoms with E-state index in [0.29, 0.717) is 37.4 Å². The standard InChI is InChI=1S/C21H21F2N7O3S/c1-29-20(30-7-5-12-14(6-8-30)33-21(32)27-12)13(9-25-29)26-18(31)16-17(24)34-19(28-16)15-10(22)3-2-4-11(15)23/h2-4,9,12,14H,5-8,24H2,1H3,(H,26,31)(H,27,32)/t12-,14+/m0/s1. The zero-order valence-electron chi connectivity index (χ0n) is 18.0. The number of hydrogen-bond donors (Lipinski definition) is 3. The maximum absolute atomic E-state index is 14.2. The molecule has 0 unspecified atom stereocenters. The first-order valence-corrected chi connectivity index (χ1v) is 11.4. The van der Waals surface area contributed by atoms with Gasteiger partial charge in [0, 0.05) is 26.6 Å². The van der Waals surface area contributed by atoms with Crippen LogP contribution >= 0.6 is 11.3 Å². The maximum Gasteiger partial charge on any atom is 0.407 e. The number of ether oxygens (including phenoxy) is 1. The molecule has 0 saturated carbocycles. The number of carbonyl (C=O) groups is 2. The Morgan fingerprint density at radius 1 is 1.29 bits per heavy atom. The lowest BCUT2D eigenvalue weighted by Crippen LogP contribution is -2.32. The monoisotopic (exact) mass is 489 g/mol. The minimum atomic E-state index is -0.790. The first kappa shape index (κ1) is 22.1. The lowest BCUT2D eigenvalue weighted by atomic mass is 10.1. The highest BCUT2D eigenvalue weighted by molar-refractivity contribution is 7.19. The van der Waals surface area contributed by atoms with Crippen LogP contribution in [0.1, 0.15) is 23.3 Å². The zero-order chi connectivity index (χ0) is 24.0. The molecule has 2 saturated heterocycles. The van der Waals surface area contributed by atoms with E-state index < -0.39 is 23.6 Å². The molecule has 4 N–H and O–H groups in total. The Hall–Kier alpha value is -3.74. The number of rotatable bonds is 4. The zero-order valence-corrected chi connectivity index (χ0v) is 18.9. The van der Waals surface area contributed by atoms with Crippen molar-refractivity contribution in [2.24, 2.45) is 7.05 Å². The number of nitrogen functional groups attached to an aromatic ring is 1. The van der Waals surface area contributed by atoms with Crippen molar-refractivity contribution in [2.75, 3.05) is 29.0 Å². The Balaban J connectivity index is 1.37. The van der Waals surface area contributed by atoms with Crippen LogP contribution in [-0.2, 0) is 11.8 Å². The van der Waals surface area contributed by atoms with Crippen LogP contribution in [0.25, 0.3) is 10.6 Å². The van der Waals surface area contributed by atoms with E-state index in [1.165, 1.54) is 12.3 Å². The van der Waals surface area contributed by atoms with Crippen molar-refractivity contribution in [3.63, 3.8) is 0 Å². The van der Waals surface area contributed by atoms with E-state index in [2.05, 4.69) is 25.6 Å². The summed E-state index contributed by atoms with van der Waals surface area (Å²) in [4.78, 5) is 30.7. The molecule has 10 nitrogen and oxygen atoms in total. The molecule has 3 aromatic rings. The van der Waals surface area contributed by atoms with Crippen LogP contribution in [0.3, 0.4) is 0 Å². The fourth-order valence-corrected chi connectivity index (χ4v) is 5.17. The number of aromatic nitrogens is 3. The normalized spacial score (nSPS) is 19.9. The largest absolute Gasteiger partial charge is 0.444 e. The van der Waals surface area contributed by atoms with Gasteiger partial charge in [0.25, 0.3) is 5.91 Å². The third-order valence-electron chi connectivity index (χ3n) is 5.90. The molecule has 2 aliphatic heterocycles. The molecule has 1 aromatic carbocycles. The van der Waals surface area contributed by atoms with Crippen LogP contribution in [0.5, 0.6) is 0 Å². The van der Waals surface area contributed by atoms with Gasteiger partial charge in [-0.25, -0.2) is 18.6 Å². The number of alkyl carbamates (subject to hydrolysis) is 1. The van der Waals surface area contributed by atoms with E-state index in [9.17, 15) is 18.4 Å². The molecule has 34 heavy (non-hydrogen) atoms. The fraction of sp³-hybridized carbons (Fsp3) is 0.333. The topological polar surface area (TPSA) is 127 Å². The second-order valence-corrected chi connectivity index (χ2v) is 9.08. The minimum Gasteiger partial charge on any atom is -0.444 e. The SMILES string of the molecule is Cn1ncc(NC(=O)c2nc(-c3c(F)cccc3F)sc2N)c1N1CC[C@@H]2NC(=O)O[C@@H]2CC1. The number of anilines is 3. The van der Waals surface area contributed by atoms with Gasteiger partial charge in [-0.2, -0.15) is 5.10 Å². The Bertz CT molecular complexity index is 1240. The number of thiazole rings is 1. The highest BCUT2D eigenvalue weighted by Gasteiger charge is 2.37. The van der Waals surface area contributed by atoms with Gasteiger partial charge in [0.15, 0.2) is 11.5 Å². The average Bonchev–Trinajstić information content (AvgIpc) is 3.41. The predicted octanol–water partition coefficient (Wildman–Crippen LogP) is 2.73. The van der Waals surface area contributed by atoms with Crippen LogP contribution in [0.4, 0.5) is 30.1 Å². The summed E-state index contributed by atoms with van der Waals surface area (Å²) in [6.07, 6.45) is 2.21. The molecule has 2 atom stereocenters. The number of halogens is 2. The predicted molar refractivity (Wildman–Crippen MR) is 122 cm³/mol. The van der Waals surface area contributed by atoms with E-state index in [1.54, 1.807) is 11.7 Å². The van der Waals surface area contributed by atoms with Crippen LogP contribution in [0.2, 0.25) is 0 Å². The molecular formula is C21H21F2N7O3S. The molecule has 2 aliphatic rings. The number of nitrogens with zero attached hydrogens (tertiary/aromatic N) is 4. The van der Waals surface area contributed by atoms with Crippen molar-refractivity contribution in [3.05, 3.63) is 41.7 Å². The van der Waals surface area contributed by atoms with Crippen molar-refractivity contribution in [2.45, 2.75) is 25.0 Å². The number of nitrogens with two attached hydrogens (primary N) is 1. The first-order valence-electron chi connectivity index (χ1n) is 10.6. The molecule has 2 fully saturated rings. The van der Waals surface area contributed by atoms with E-state index in [-0.39, 0.29) is 33.4 Å². The Morgan fingerprint density at radius 3 is 2.79 bits per heavy atom. The summed E-state index contributed by atoms with van der Waals surface area (Å²) in [5, 5.41) is 9.87. The molecule has 2 aromatic heterocycles. The van der Waals surface area contributed by atoms with E-state index >= 15 is 0 Å². The van der Waals surface area contributed by atoms with Crippen LogP contribution in [0.15, 0.2) is 24.4 Å². The molecule has 0 bridgehead atoms. The summed E-state index contributed by atoms with van der Waals surface area (Å²) < 4.78 is 35.3. The Labute approximate surface area is 196 Å². The molecule has 0 spiro atoms. The maximum atomic E-state index is 14.2. The number of fused-ring (bicyclic) bond motifs is 1. The molecule has 5 rings (SSSR count). The van der Waals surface area contributed by atoms with Gasteiger partial charge in [-0.3, -0.25) is 9.48 Å². The van der Waals surface area contributed by atoms with E-state index in [1.807, 2.05) is 0 Å². The summed E-state index contributed by atoms with van der Waals surface area (Å²) in [6, 6.07) is 3.42. The highest BCUT2D eigenvalue weighted by Crippen LogP contribution is 2.35. The molecule has 0 aliphatic carbocycles. The van der Waals surface area contributed by atoms with Crippen molar-refractivity contribution < 1.29 is 23.1 Å². The molecule has 178 valence electrons. The van der Waals surface area contributed by atoms with Crippen LogP contribution < -0.4 is 21.3 Å². The number of amides is 2. The van der Waals surface area contributed by atoms with Gasteiger partial charge in [0.2, 0.25) is 0 Å². The third-order valence-corrected chi connectivity index (χ3v) is 6.81. The number of carbonyl (C=O) groups excluding carboxylic acids is 2. The summed E-state index contributed by atoms with van der Waals surface area (Å²) in [7, 11) is 1.76. The highest BCUT2D eigenvalue weighted by atomic mass is 32.1. The van der Waals surface area contributed by atoms with Gasteiger partial charge >= 0.3 is 6.09 Å². The molecular weight excluding hydrogens is 468 g/mol. The van der Waals surface area contributed by atoms with Gasteiger partial charge in [0.1, 0.15) is 33.4 Å². The number of benzene rings is 1. The summed E-state index contributed by atoms with van der Waals surface area (Å²) in [5.74, 6) is -1.52. The first-order chi connectivity index (χ1) is 16.3. The third kappa shape index (κ3) is 3.91. The second-order valence-electron chi connectivity index (χ2n) is 8.05. The van der Waals surface area contributed by atoms with Crippen molar-refractivity contribution in [1.29, 1.82) is 0 Å². The second kappa shape index (κ2) is 8.56. The van der Waals surface area contributed by atoms with E-state index in [0.717, 1.165) is 23.5 Å². The lowest BCUT2D eigenvalue weighted by Gasteiger charge is -2.24. The molecule has 4 heterocycles. The summed E-state index contributed by atoms with van der Waals surface area (Å²) >= 11 is 0.831. The summed E-state index contributed by atoms with van der Waals surface area (Å²) in [5.41, 5.74) is 5.96. The van der Waals surface area contributed by atoms with Gasteiger partial charge < -0.3 is 26.0 Å². The smallest absolute Gasteiger partial charge is 0.407 e. The number of aryl methyl sites for hydroxylation is 1. The van der Waals surface area contributed by atoms with Crippen molar-refractivity contribution >= 4 is 39.8 Å². The minimum absolute atomic E-state index is 0.0224. The summed E-state index contributed by atoms with van der Waals surface area (Å²) in [6.45, 7) is 1.21. The molecule has 13 heteroatoms. The van der Waals surface area contributed by atoms with Crippen LogP contribution in [0, 0.1) is 11.6 Å². The van der Waals surface area contributed by atoms with E-state index in [4.69, 9.17) is 10.5 Å². The fourth-order valence-electron chi connectivity index (χ4n) is 4.30. The van der Waals surface area contributed by atoms with Gasteiger partial charge in [-0.05, 0) is 18.6 Å². The average molecular weight is 490 g/mol. The molecule has 0 radical (unpaired) electrons. The van der Waals surface area contributed by atoms with Gasteiger partial charge in [-0.15, -0.1) is 0 Å². The number of nitrogens with one attached hydrogen (secondary N) is 2. The van der Waals surface area contributed by atoms with Crippen LogP contribution in [-0.4, -0.2) is 52.0 Å². The van der Waals surface area contributed by atoms with Crippen molar-refractivity contribution in [3.8, 4) is 10.6 Å². The lowest BCUT2D eigenvalue weighted by molar-refractivity contribution is 0.102. The van der Waals surface area contributed by atoms with Gasteiger partial charge in [-0.1, -0.05) is 17.4 Å². The Kier molecular flexibility index (Phi) is 5.55. The van der Waals surface area contributed by atoms with Crippen molar-refractivity contribution in [1.82, 2.24) is 20.1 Å². The molecule has 2 amide bonds. The quantitative estimate of drug-likeness (QED) is 0.514. The number of hydrogen-bond acceptors (Lipinski definition) is 8.